The Morgan fingerprint density at radius 2 is 2.18 bits per heavy atom. The first kappa shape index (κ1) is 11.0. The Morgan fingerprint density at radius 3 is 3.00 bits per heavy atom. The fourth-order valence-corrected chi connectivity index (χ4v) is 2.64. The van der Waals surface area contributed by atoms with Crippen molar-refractivity contribution in [2.24, 2.45) is 0 Å². The highest BCUT2D eigenvalue weighted by Gasteiger charge is 2.26. The molecular weight excluding hydrogens is 232 g/mol. The lowest BCUT2D eigenvalue weighted by molar-refractivity contribution is 0.345. The van der Waals surface area contributed by atoms with Crippen molar-refractivity contribution in [1.82, 2.24) is 10.3 Å². The molecule has 0 bridgehead atoms. The highest BCUT2D eigenvalue weighted by molar-refractivity contribution is 6.21. The monoisotopic (exact) mass is 246 g/mol. The molecule has 1 aliphatic carbocycles. The molecule has 0 radical (unpaired) electrons. The van der Waals surface area contributed by atoms with Gasteiger partial charge in [-0.05, 0) is 36.6 Å². The van der Waals surface area contributed by atoms with Gasteiger partial charge in [0.25, 0.3) is 0 Å². The smallest absolute Gasteiger partial charge is 0.0702 e. The van der Waals surface area contributed by atoms with Gasteiger partial charge in [-0.25, -0.2) is 0 Å². The van der Waals surface area contributed by atoms with Gasteiger partial charge in [-0.3, -0.25) is 4.98 Å². The summed E-state index contributed by atoms with van der Waals surface area (Å²) in [6, 6.07) is 11.1. The van der Waals surface area contributed by atoms with Crippen molar-refractivity contribution in [3.8, 4) is 0 Å². The van der Waals surface area contributed by atoms with Crippen LogP contribution < -0.4 is 5.32 Å². The highest BCUT2D eigenvalue weighted by atomic mass is 35.5. The van der Waals surface area contributed by atoms with Crippen molar-refractivity contribution in [3.63, 3.8) is 0 Å². The van der Waals surface area contributed by atoms with Crippen LogP contribution in [0.1, 0.15) is 18.4 Å². The predicted octanol–water partition coefficient (Wildman–Crippen LogP) is 3.09. The van der Waals surface area contributed by atoms with Crippen LogP contribution in [0.2, 0.25) is 0 Å². The fraction of sp³-hybridized carbons (Fsp3) is 0.357. The standard InChI is InChI=1S/C14H15ClN2/c15-12-7-13(8-12)17-9-10-3-4-14-11(6-10)2-1-5-16-14/h1-6,12-13,17H,7-9H2. The number of fused-ring (bicyclic) bond motifs is 1. The second kappa shape index (κ2) is 4.63. The summed E-state index contributed by atoms with van der Waals surface area (Å²) in [5.41, 5.74) is 2.37. The average molecular weight is 247 g/mol. The van der Waals surface area contributed by atoms with Gasteiger partial charge in [0.2, 0.25) is 0 Å². The normalized spacial score (nSPS) is 23.6. The van der Waals surface area contributed by atoms with Crippen molar-refractivity contribution in [3.05, 3.63) is 42.1 Å². The van der Waals surface area contributed by atoms with E-state index < -0.39 is 0 Å². The van der Waals surface area contributed by atoms with E-state index in [0.29, 0.717) is 11.4 Å². The maximum atomic E-state index is 5.96. The summed E-state index contributed by atoms with van der Waals surface area (Å²) in [7, 11) is 0. The number of alkyl halides is 1. The second-order valence-corrected chi connectivity index (χ2v) is 5.29. The van der Waals surface area contributed by atoms with Gasteiger partial charge in [0.1, 0.15) is 0 Å². The summed E-state index contributed by atoms with van der Waals surface area (Å²) in [6.07, 6.45) is 4.02. The number of nitrogens with zero attached hydrogens (tertiary/aromatic N) is 1. The highest BCUT2D eigenvalue weighted by Crippen LogP contribution is 2.25. The summed E-state index contributed by atoms with van der Waals surface area (Å²) in [4.78, 5) is 4.32. The molecule has 3 heteroatoms. The van der Waals surface area contributed by atoms with E-state index in [0.717, 1.165) is 24.9 Å². The third-order valence-corrected chi connectivity index (χ3v) is 3.70. The van der Waals surface area contributed by atoms with Gasteiger partial charge < -0.3 is 5.32 Å². The third-order valence-electron chi connectivity index (χ3n) is 3.34. The van der Waals surface area contributed by atoms with Gasteiger partial charge in [0.05, 0.1) is 5.52 Å². The van der Waals surface area contributed by atoms with Crippen LogP contribution in [0.15, 0.2) is 36.5 Å². The lowest BCUT2D eigenvalue weighted by Crippen LogP contribution is -2.41. The molecule has 1 saturated carbocycles. The van der Waals surface area contributed by atoms with Crippen LogP contribution in [0.4, 0.5) is 0 Å². The fourth-order valence-electron chi connectivity index (χ4n) is 2.21. The molecule has 3 rings (SSSR count). The maximum Gasteiger partial charge on any atom is 0.0702 e. The molecule has 1 N–H and O–H groups in total. The SMILES string of the molecule is ClC1CC(NCc2ccc3ncccc3c2)C1. The van der Waals surface area contributed by atoms with Crippen molar-refractivity contribution in [2.75, 3.05) is 0 Å². The van der Waals surface area contributed by atoms with Gasteiger partial charge in [-0.1, -0.05) is 12.1 Å². The first-order chi connectivity index (χ1) is 8.31. The molecule has 1 aromatic heterocycles. The van der Waals surface area contributed by atoms with E-state index in [4.69, 9.17) is 11.6 Å². The number of pyridine rings is 1. The Labute approximate surface area is 106 Å². The van der Waals surface area contributed by atoms with Gasteiger partial charge in [0, 0.05) is 29.5 Å². The molecule has 0 spiro atoms. The van der Waals surface area contributed by atoms with E-state index in [1.54, 1.807) is 0 Å². The molecule has 1 fully saturated rings. The molecule has 0 amide bonds. The molecule has 2 aromatic rings. The van der Waals surface area contributed by atoms with Crippen molar-refractivity contribution < 1.29 is 0 Å². The van der Waals surface area contributed by atoms with Crippen molar-refractivity contribution in [2.45, 2.75) is 30.8 Å². The molecule has 88 valence electrons. The number of benzene rings is 1. The van der Waals surface area contributed by atoms with Crippen LogP contribution in [-0.2, 0) is 6.54 Å². The van der Waals surface area contributed by atoms with Crippen molar-refractivity contribution in [1.29, 1.82) is 0 Å². The number of nitrogens with one attached hydrogen (secondary N) is 1. The van der Waals surface area contributed by atoms with E-state index in [9.17, 15) is 0 Å². The molecule has 17 heavy (non-hydrogen) atoms. The number of halogens is 1. The van der Waals surface area contributed by atoms with E-state index in [-0.39, 0.29) is 0 Å². The maximum absolute atomic E-state index is 5.96. The second-order valence-electron chi connectivity index (χ2n) is 4.68. The Bertz CT molecular complexity index is 520. The zero-order valence-electron chi connectivity index (χ0n) is 9.57. The quantitative estimate of drug-likeness (QED) is 0.842. The van der Waals surface area contributed by atoms with Crippen molar-refractivity contribution >= 4 is 22.5 Å². The Hall–Kier alpha value is -1.12. The Kier molecular flexibility index (Phi) is 3.00. The van der Waals surface area contributed by atoms with Crippen LogP contribution in [0, 0.1) is 0 Å². The molecule has 1 aliphatic rings. The minimum Gasteiger partial charge on any atom is -0.310 e. The van der Waals surface area contributed by atoms with E-state index >= 15 is 0 Å². The zero-order valence-corrected chi connectivity index (χ0v) is 10.3. The molecule has 0 unspecified atom stereocenters. The van der Waals surface area contributed by atoms with Gasteiger partial charge in [-0.2, -0.15) is 0 Å². The molecule has 0 atom stereocenters. The van der Waals surface area contributed by atoms with E-state index in [2.05, 4.69) is 34.6 Å². The first-order valence-electron chi connectivity index (χ1n) is 6.02. The van der Waals surface area contributed by atoms with Crippen LogP contribution >= 0.6 is 11.6 Å². The minimum atomic E-state index is 0.383. The average Bonchev–Trinajstić information content (AvgIpc) is 2.33. The third kappa shape index (κ3) is 2.43. The van der Waals surface area contributed by atoms with Gasteiger partial charge in [0.15, 0.2) is 0 Å². The summed E-state index contributed by atoms with van der Waals surface area (Å²) in [6.45, 7) is 0.916. The topological polar surface area (TPSA) is 24.9 Å². The summed E-state index contributed by atoms with van der Waals surface area (Å²) < 4.78 is 0. The number of rotatable bonds is 3. The molecule has 2 nitrogen and oxygen atoms in total. The van der Waals surface area contributed by atoms with Crippen LogP contribution in [0.3, 0.4) is 0 Å². The zero-order chi connectivity index (χ0) is 11.7. The molecule has 1 heterocycles. The van der Waals surface area contributed by atoms with Crippen LogP contribution in [-0.4, -0.2) is 16.4 Å². The predicted molar refractivity (Wildman–Crippen MR) is 71.2 cm³/mol. The van der Waals surface area contributed by atoms with Gasteiger partial charge >= 0.3 is 0 Å². The number of hydrogen-bond donors (Lipinski definition) is 1. The molecule has 0 saturated heterocycles. The Morgan fingerprint density at radius 1 is 1.29 bits per heavy atom. The minimum absolute atomic E-state index is 0.383. The summed E-state index contributed by atoms with van der Waals surface area (Å²) >= 11 is 5.96. The van der Waals surface area contributed by atoms with E-state index in [1.807, 2.05) is 12.3 Å². The number of aromatic nitrogens is 1. The van der Waals surface area contributed by atoms with E-state index in [1.165, 1.54) is 10.9 Å². The molecule has 0 aliphatic heterocycles. The first-order valence-corrected chi connectivity index (χ1v) is 6.46. The Balaban J connectivity index is 1.68. The van der Waals surface area contributed by atoms with Crippen LogP contribution in [0.5, 0.6) is 0 Å². The van der Waals surface area contributed by atoms with Gasteiger partial charge in [-0.15, -0.1) is 11.6 Å². The summed E-state index contributed by atoms with van der Waals surface area (Å²) in [5.74, 6) is 0. The number of hydrogen-bond acceptors (Lipinski definition) is 2. The lowest BCUT2D eigenvalue weighted by atomic mass is 9.92. The molecule has 1 aromatic carbocycles. The van der Waals surface area contributed by atoms with Crippen LogP contribution in [0.25, 0.3) is 10.9 Å². The molecular formula is C14H15ClN2. The summed E-state index contributed by atoms with van der Waals surface area (Å²) in [5, 5.41) is 5.11. The lowest BCUT2D eigenvalue weighted by Gasteiger charge is -2.31. The largest absolute Gasteiger partial charge is 0.310 e.